The lowest BCUT2D eigenvalue weighted by atomic mass is 9.57. The van der Waals surface area contributed by atoms with E-state index >= 15 is 0 Å². The monoisotopic (exact) mass is 429 g/mol. The van der Waals surface area contributed by atoms with Crippen LogP contribution in [0.2, 0.25) is 0 Å². The molecule has 1 aromatic carbocycles. The van der Waals surface area contributed by atoms with Crippen LogP contribution in [0.3, 0.4) is 0 Å². The molecule has 1 fully saturated rings. The van der Waals surface area contributed by atoms with Crippen molar-refractivity contribution in [2.24, 2.45) is 17.6 Å². The van der Waals surface area contributed by atoms with E-state index in [1.807, 2.05) is 0 Å². The number of phenols is 1. The predicted octanol–water partition coefficient (Wildman–Crippen LogP) is -0.454. The number of hydrogen-bond acceptors (Lipinski definition) is 9. The molecule has 0 radical (unpaired) electrons. The summed E-state index contributed by atoms with van der Waals surface area (Å²) in [6.45, 7) is 0. The van der Waals surface area contributed by atoms with Crippen molar-refractivity contribution in [3.63, 3.8) is 0 Å². The molecule has 4 rings (SSSR count). The van der Waals surface area contributed by atoms with E-state index in [1.54, 1.807) is 14.1 Å². The third kappa shape index (κ3) is 2.55. The molecule has 31 heavy (non-hydrogen) atoms. The molecule has 1 amide bonds. The maximum Gasteiger partial charge on any atom is 0.255 e. The summed E-state index contributed by atoms with van der Waals surface area (Å²) in [6.07, 6.45) is 0.204. The van der Waals surface area contributed by atoms with Gasteiger partial charge in [0, 0.05) is 17.2 Å². The number of amides is 1. The number of ketones is 2. The van der Waals surface area contributed by atoms with E-state index in [-0.39, 0.29) is 29.7 Å². The second-order valence-electron chi connectivity index (χ2n) is 8.49. The molecule has 1 saturated carbocycles. The third-order valence-electron chi connectivity index (χ3n) is 6.64. The van der Waals surface area contributed by atoms with Crippen LogP contribution in [0.15, 0.2) is 29.0 Å². The molecule has 0 bridgehead atoms. The van der Waals surface area contributed by atoms with Crippen molar-refractivity contribution in [3.8, 4) is 5.75 Å². The van der Waals surface area contributed by atoms with Crippen molar-refractivity contribution in [2.75, 3.05) is 19.8 Å². The van der Waals surface area contributed by atoms with Gasteiger partial charge in [0.2, 0.25) is 5.78 Å². The SMILES string of the molecule is CN(C)[C@H]1C(=O)C(C(N)=O)=C(O)[C@]2(O)C(=O)C3=C(O)c4c(O)ccc(N)c4C[C@@H]3C[C@H]12. The minimum Gasteiger partial charge on any atom is -0.508 e. The van der Waals surface area contributed by atoms with Gasteiger partial charge in [-0.1, -0.05) is 0 Å². The van der Waals surface area contributed by atoms with Crippen LogP contribution < -0.4 is 11.5 Å². The van der Waals surface area contributed by atoms with Gasteiger partial charge in [-0.2, -0.15) is 0 Å². The number of primary amides is 1. The Bertz CT molecular complexity index is 1120. The van der Waals surface area contributed by atoms with Gasteiger partial charge in [-0.15, -0.1) is 0 Å². The number of aliphatic hydroxyl groups excluding tert-OH is 2. The summed E-state index contributed by atoms with van der Waals surface area (Å²) in [5.41, 5.74) is 8.35. The number of rotatable bonds is 2. The third-order valence-corrected chi connectivity index (χ3v) is 6.64. The molecular weight excluding hydrogens is 406 g/mol. The summed E-state index contributed by atoms with van der Waals surface area (Å²) in [5.74, 6) is -6.80. The minimum atomic E-state index is -2.64. The van der Waals surface area contributed by atoms with Crippen molar-refractivity contribution in [2.45, 2.75) is 24.5 Å². The lowest BCUT2D eigenvalue weighted by Gasteiger charge is -2.50. The molecule has 0 saturated heterocycles. The van der Waals surface area contributed by atoms with Crippen molar-refractivity contribution in [3.05, 3.63) is 40.2 Å². The highest BCUT2D eigenvalue weighted by molar-refractivity contribution is 6.24. The number of nitrogens with zero attached hydrogens (tertiary/aromatic N) is 1. The zero-order chi connectivity index (χ0) is 23.0. The van der Waals surface area contributed by atoms with Crippen LogP contribution in [0.5, 0.6) is 5.75 Å². The number of aliphatic hydroxyl groups is 3. The number of nitrogen functional groups attached to an aromatic ring is 1. The number of anilines is 1. The summed E-state index contributed by atoms with van der Waals surface area (Å²) in [5, 5.41) is 43.3. The Balaban J connectivity index is 1.99. The van der Waals surface area contributed by atoms with E-state index in [9.17, 15) is 34.8 Å². The van der Waals surface area contributed by atoms with Gasteiger partial charge < -0.3 is 31.9 Å². The average molecular weight is 429 g/mol. The van der Waals surface area contributed by atoms with Crippen molar-refractivity contribution in [1.29, 1.82) is 0 Å². The Morgan fingerprint density at radius 3 is 2.42 bits per heavy atom. The predicted molar refractivity (Wildman–Crippen MR) is 109 cm³/mol. The highest BCUT2D eigenvalue weighted by Gasteiger charge is 2.64. The van der Waals surface area contributed by atoms with Crippen LogP contribution in [0.1, 0.15) is 17.5 Å². The van der Waals surface area contributed by atoms with Crippen molar-refractivity contribution >= 4 is 28.9 Å². The van der Waals surface area contributed by atoms with Gasteiger partial charge >= 0.3 is 0 Å². The summed E-state index contributed by atoms with van der Waals surface area (Å²) in [4.78, 5) is 39.8. The van der Waals surface area contributed by atoms with Crippen LogP contribution in [-0.2, 0) is 20.8 Å². The van der Waals surface area contributed by atoms with E-state index in [0.29, 0.717) is 11.3 Å². The average Bonchev–Trinajstić information content (AvgIpc) is 2.67. The van der Waals surface area contributed by atoms with Gasteiger partial charge in [0.1, 0.15) is 22.8 Å². The number of Topliss-reactive ketones (excluding diaryl/α,β-unsaturated/α-hetero) is 2. The quantitative estimate of drug-likeness (QED) is 0.205. The van der Waals surface area contributed by atoms with E-state index < -0.39 is 58.0 Å². The topological polar surface area (TPSA) is 187 Å². The maximum atomic E-state index is 13.5. The molecule has 1 aromatic rings. The van der Waals surface area contributed by atoms with Crippen molar-refractivity contribution < 1.29 is 34.8 Å². The summed E-state index contributed by atoms with van der Waals surface area (Å²) in [6, 6.07) is 1.65. The van der Waals surface area contributed by atoms with Gasteiger partial charge in [0.15, 0.2) is 11.4 Å². The molecule has 0 spiro atoms. The Morgan fingerprint density at radius 1 is 1.19 bits per heavy atom. The largest absolute Gasteiger partial charge is 0.508 e. The van der Waals surface area contributed by atoms with Crippen LogP contribution in [-0.4, -0.2) is 68.5 Å². The zero-order valence-electron chi connectivity index (χ0n) is 16.9. The molecule has 3 aliphatic carbocycles. The van der Waals surface area contributed by atoms with Crippen molar-refractivity contribution in [1.82, 2.24) is 4.90 Å². The normalized spacial score (nSPS) is 30.3. The highest BCUT2D eigenvalue weighted by atomic mass is 16.3. The summed E-state index contributed by atoms with van der Waals surface area (Å²) >= 11 is 0. The number of fused-ring (bicyclic) bond motifs is 3. The molecule has 0 unspecified atom stereocenters. The van der Waals surface area contributed by atoms with Crippen LogP contribution in [0.25, 0.3) is 5.76 Å². The Hall–Kier alpha value is -3.37. The van der Waals surface area contributed by atoms with E-state index in [2.05, 4.69) is 0 Å². The Kier molecular flexibility index (Phi) is 4.42. The standard InChI is InChI=1S/C21H23N3O7/c1-24(2)15-9-6-7-5-8-10(22)3-4-11(25)13(8)16(26)12(7)18(28)21(9,31)19(29)14(17(15)27)20(23)30/h3-4,7,9,15,25-26,29,31H,5-6,22H2,1-2H3,(H2,23,30)/t7-,9-,15-,21-/m1/s1. The molecule has 10 nitrogen and oxygen atoms in total. The van der Waals surface area contributed by atoms with Crippen LogP contribution in [0, 0.1) is 11.8 Å². The first-order chi connectivity index (χ1) is 14.4. The Morgan fingerprint density at radius 2 is 1.84 bits per heavy atom. The number of phenolic OH excluding ortho intramolecular Hbond substituents is 1. The number of carbonyl (C=O) groups is 3. The Labute approximate surface area is 177 Å². The molecule has 0 aliphatic heterocycles. The lowest BCUT2D eigenvalue weighted by molar-refractivity contribution is -0.153. The van der Waals surface area contributed by atoms with E-state index in [4.69, 9.17) is 11.5 Å². The lowest BCUT2D eigenvalue weighted by Crippen LogP contribution is -2.65. The van der Waals surface area contributed by atoms with Crippen LogP contribution in [0.4, 0.5) is 5.69 Å². The fourth-order valence-corrected chi connectivity index (χ4v) is 5.27. The molecule has 0 aromatic heterocycles. The fraction of sp³-hybridized carbons (Fsp3) is 0.381. The first-order valence-corrected chi connectivity index (χ1v) is 9.68. The fourth-order valence-electron chi connectivity index (χ4n) is 5.27. The smallest absolute Gasteiger partial charge is 0.255 e. The highest BCUT2D eigenvalue weighted by Crippen LogP contribution is 2.53. The minimum absolute atomic E-state index is 0.0173. The second-order valence-corrected chi connectivity index (χ2v) is 8.49. The second kappa shape index (κ2) is 6.56. The molecule has 164 valence electrons. The van der Waals surface area contributed by atoms with Gasteiger partial charge in [-0.25, -0.2) is 0 Å². The molecule has 4 atom stereocenters. The van der Waals surface area contributed by atoms with E-state index in [1.165, 1.54) is 17.0 Å². The first kappa shape index (κ1) is 20.9. The number of likely N-dealkylation sites (N-methyl/N-ethyl adjacent to an activating group) is 1. The number of benzene rings is 1. The number of carbonyl (C=O) groups excluding carboxylic acids is 3. The number of hydrogen-bond donors (Lipinski definition) is 6. The van der Waals surface area contributed by atoms with Gasteiger partial charge in [0.25, 0.3) is 5.91 Å². The molecule has 3 aliphatic rings. The molecule has 0 heterocycles. The molecule has 8 N–H and O–H groups in total. The molecule has 10 heteroatoms. The van der Waals surface area contributed by atoms with Gasteiger partial charge in [-0.3, -0.25) is 19.3 Å². The summed E-state index contributed by atoms with van der Waals surface area (Å²) < 4.78 is 0. The maximum absolute atomic E-state index is 13.5. The zero-order valence-corrected chi connectivity index (χ0v) is 16.9. The van der Waals surface area contributed by atoms with Gasteiger partial charge in [-0.05, 0) is 50.6 Å². The number of nitrogens with two attached hydrogens (primary N) is 2. The first-order valence-electron chi connectivity index (χ1n) is 9.68. The van der Waals surface area contributed by atoms with Gasteiger partial charge in [0.05, 0.1) is 11.6 Å². The van der Waals surface area contributed by atoms with Crippen LogP contribution >= 0.6 is 0 Å². The number of aromatic hydroxyl groups is 1. The molecular formula is C21H23N3O7. The summed E-state index contributed by atoms with van der Waals surface area (Å²) in [7, 11) is 3.09. The van der Waals surface area contributed by atoms with E-state index in [0.717, 1.165) is 0 Å².